The first kappa shape index (κ1) is 14.2. The number of rotatable bonds is 4. The van der Waals surface area contributed by atoms with Gasteiger partial charge in [-0.05, 0) is 37.5 Å². The number of aryl methyl sites for hydroxylation is 2. The molecule has 4 nitrogen and oxygen atoms in total. The van der Waals surface area contributed by atoms with Crippen molar-refractivity contribution in [3.05, 3.63) is 34.9 Å². The highest BCUT2D eigenvalue weighted by atomic mass is 16.5. The lowest BCUT2D eigenvalue weighted by Crippen LogP contribution is -2.39. The number of ether oxygens (including phenoxy) is 1. The second-order valence-corrected chi connectivity index (χ2v) is 4.41. The predicted octanol–water partition coefficient (Wildman–Crippen LogP) is 1.52. The van der Waals surface area contributed by atoms with Crippen molar-refractivity contribution in [2.45, 2.75) is 33.2 Å². The van der Waals surface area contributed by atoms with E-state index >= 15 is 0 Å². The van der Waals surface area contributed by atoms with E-state index in [0.29, 0.717) is 0 Å². The molecule has 1 atom stereocenters. The average molecular weight is 249 g/mol. The van der Waals surface area contributed by atoms with Crippen LogP contribution >= 0.6 is 0 Å². The highest BCUT2D eigenvalue weighted by molar-refractivity contribution is 5.85. The Morgan fingerprint density at radius 3 is 2.50 bits per heavy atom. The number of esters is 1. The quantitative estimate of drug-likeness (QED) is 0.823. The molecule has 1 N–H and O–H groups in total. The SMILES string of the molecule is COC(=O)[C@H](C)NC(=O)Cc1ccc(C)c(C)c1. The summed E-state index contributed by atoms with van der Waals surface area (Å²) < 4.78 is 4.54. The molecule has 0 aliphatic rings. The van der Waals surface area contributed by atoms with Gasteiger partial charge in [-0.3, -0.25) is 4.79 Å². The first-order valence-corrected chi connectivity index (χ1v) is 5.87. The highest BCUT2D eigenvalue weighted by Crippen LogP contribution is 2.10. The minimum absolute atomic E-state index is 0.184. The van der Waals surface area contributed by atoms with E-state index in [2.05, 4.69) is 10.1 Å². The first-order chi connectivity index (χ1) is 8.43. The number of methoxy groups -OCH3 is 1. The van der Waals surface area contributed by atoms with Crippen LogP contribution in [0.5, 0.6) is 0 Å². The van der Waals surface area contributed by atoms with Gasteiger partial charge in [0, 0.05) is 0 Å². The molecule has 0 aliphatic heterocycles. The van der Waals surface area contributed by atoms with Crippen LogP contribution < -0.4 is 5.32 Å². The molecule has 0 fully saturated rings. The van der Waals surface area contributed by atoms with Crippen molar-refractivity contribution in [1.29, 1.82) is 0 Å². The molecule has 18 heavy (non-hydrogen) atoms. The molecule has 0 aromatic heterocycles. The Morgan fingerprint density at radius 2 is 1.94 bits per heavy atom. The normalized spacial score (nSPS) is 11.8. The largest absolute Gasteiger partial charge is 0.467 e. The average Bonchev–Trinajstić information content (AvgIpc) is 2.32. The van der Waals surface area contributed by atoms with Crippen LogP contribution in [-0.4, -0.2) is 25.0 Å². The number of hydrogen-bond donors (Lipinski definition) is 1. The van der Waals surface area contributed by atoms with Crippen LogP contribution in [0.25, 0.3) is 0 Å². The van der Waals surface area contributed by atoms with Crippen molar-refractivity contribution in [1.82, 2.24) is 5.32 Å². The summed E-state index contributed by atoms with van der Waals surface area (Å²) >= 11 is 0. The lowest BCUT2D eigenvalue weighted by molar-refractivity contribution is -0.144. The van der Waals surface area contributed by atoms with Crippen molar-refractivity contribution in [3.63, 3.8) is 0 Å². The Kier molecular flexibility index (Phi) is 4.89. The topological polar surface area (TPSA) is 55.4 Å². The molecule has 1 amide bonds. The van der Waals surface area contributed by atoms with Gasteiger partial charge in [0.25, 0.3) is 0 Å². The summed E-state index contributed by atoms with van der Waals surface area (Å²) in [4.78, 5) is 22.9. The zero-order chi connectivity index (χ0) is 13.7. The molecule has 98 valence electrons. The van der Waals surface area contributed by atoms with Crippen LogP contribution in [0.2, 0.25) is 0 Å². The zero-order valence-corrected chi connectivity index (χ0v) is 11.2. The molecule has 0 bridgehead atoms. The molecule has 0 aliphatic carbocycles. The lowest BCUT2D eigenvalue weighted by Gasteiger charge is -2.12. The smallest absolute Gasteiger partial charge is 0.328 e. The third-order valence-corrected chi connectivity index (χ3v) is 2.87. The van der Waals surface area contributed by atoms with Crippen LogP contribution in [0.1, 0.15) is 23.6 Å². The minimum Gasteiger partial charge on any atom is -0.467 e. The summed E-state index contributed by atoms with van der Waals surface area (Å²) in [5, 5.41) is 2.60. The third kappa shape index (κ3) is 3.87. The van der Waals surface area contributed by atoms with E-state index in [1.807, 2.05) is 32.0 Å². The second kappa shape index (κ2) is 6.19. The summed E-state index contributed by atoms with van der Waals surface area (Å²) in [5.41, 5.74) is 3.29. The van der Waals surface area contributed by atoms with Gasteiger partial charge in [-0.25, -0.2) is 4.79 Å². The van der Waals surface area contributed by atoms with Gasteiger partial charge in [-0.1, -0.05) is 18.2 Å². The fourth-order valence-electron chi connectivity index (χ4n) is 1.63. The monoisotopic (exact) mass is 249 g/mol. The Labute approximate surface area is 107 Å². The summed E-state index contributed by atoms with van der Waals surface area (Å²) in [6.07, 6.45) is 0.266. The predicted molar refractivity (Wildman–Crippen MR) is 69.2 cm³/mol. The molecule has 4 heteroatoms. The van der Waals surface area contributed by atoms with Crippen molar-refractivity contribution in [2.24, 2.45) is 0 Å². The zero-order valence-electron chi connectivity index (χ0n) is 11.2. The van der Waals surface area contributed by atoms with Crippen LogP contribution in [0.3, 0.4) is 0 Å². The Balaban J connectivity index is 2.59. The fourth-order valence-corrected chi connectivity index (χ4v) is 1.63. The van der Waals surface area contributed by atoms with Crippen molar-refractivity contribution < 1.29 is 14.3 Å². The molecule has 1 aromatic rings. The number of benzene rings is 1. The van der Waals surface area contributed by atoms with E-state index in [4.69, 9.17) is 0 Å². The maximum atomic E-state index is 11.7. The second-order valence-electron chi connectivity index (χ2n) is 4.41. The van der Waals surface area contributed by atoms with Crippen LogP contribution in [0.4, 0.5) is 0 Å². The molecule has 0 heterocycles. The van der Waals surface area contributed by atoms with E-state index in [0.717, 1.165) is 11.1 Å². The van der Waals surface area contributed by atoms with Gasteiger partial charge in [-0.15, -0.1) is 0 Å². The molecule has 0 saturated carbocycles. The molecule has 0 saturated heterocycles. The van der Waals surface area contributed by atoms with Gasteiger partial charge in [0.2, 0.25) is 5.91 Å². The number of hydrogen-bond acceptors (Lipinski definition) is 3. The molecule has 0 spiro atoms. The van der Waals surface area contributed by atoms with Gasteiger partial charge >= 0.3 is 5.97 Å². The van der Waals surface area contributed by atoms with E-state index in [1.165, 1.54) is 12.7 Å². The maximum Gasteiger partial charge on any atom is 0.328 e. The molecular weight excluding hydrogens is 230 g/mol. The number of carbonyl (C=O) groups is 2. The molecule has 1 rings (SSSR count). The highest BCUT2D eigenvalue weighted by Gasteiger charge is 2.15. The van der Waals surface area contributed by atoms with Gasteiger partial charge in [-0.2, -0.15) is 0 Å². The number of nitrogens with one attached hydrogen (secondary N) is 1. The molecule has 0 unspecified atom stereocenters. The molecule has 1 aromatic carbocycles. The Bertz CT molecular complexity index is 454. The third-order valence-electron chi connectivity index (χ3n) is 2.87. The minimum atomic E-state index is -0.617. The lowest BCUT2D eigenvalue weighted by atomic mass is 10.0. The van der Waals surface area contributed by atoms with Gasteiger partial charge in [0.1, 0.15) is 6.04 Å². The summed E-state index contributed by atoms with van der Waals surface area (Å²) in [7, 11) is 1.30. The van der Waals surface area contributed by atoms with Crippen molar-refractivity contribution >= 4 is 11.9 Å². The Hall–Kier alpha value is -1.84. The number of amides is 1. The summed E-state index contributed by atoms with van der Waals surface area (Å²) in [6, 6.07) is 5.28. The summed E-state index contributed by atoms with van der Waals surface area (Å²) in [5.74, 6) is -0.625. The summed E-state index contributed by atoms with van der Waals surface area (Å²) in [6.45, 7) is 5.64. The van der Waals surface area contributed by atoms with Crippen LogP contribution in [0.15, 0.2) is 18.2 Å². The van der Waals surface area contributed by atoms with E-state index < -0.39 is 12.0 Å². The van der Waals surface area contributed by atoms with Crippen molar-refractivity contribution in [3.8, 4) is 0 Å². The number of carbonyl (C=O) groups excluding carboxylic acids is 2. The van der Waals surface area contributed by atoms with E-state index in [1.54, 1.807) is 6.92 Å². The molecule has 0 radical (unpaired) electrons. The standard InChI is InChI=1S/C14H19NO3/c1-9-5-6-12(7-10(9)2)8-13(16)15-11(3)14(17)18-4/h5-7,11H,8H2,1-4H3,(H,15,16)/t11-/m0/s1. The van der Waals surface area contributed by atoms with Gasteiger partial charge in [0.15, 0.2) is 0 Å². The fraction of sp³-hybridized carbons (Fsp3) is 0.429. The van der Waals surface area contributed by atoms with Gasteiger partial charge < -0.3 is 10.1 Å². The van der Waals surface area contributed by atoms with Gasteiger partial charge in [0.05, 0.1) is 13.5 Å². The maximum absolute atomic E-state index is 11.7. The molecular formula is C14H19NO3. The van der Waals surface area contributed by atoms with Crippen molar-refractivity contribution in [2.75, 3.05) is 7.11 Å². The van der Waals surface area contributed by atoms with E-state index in [-0.39, 0.29) is 12.3 Å². The Morgan fingerprint density at radius 1 is 1.28 bits per heavy atom. The van der Waals surface area contributed by atoms with Crippen LogP contribution in [-0.2, 0) is 20.7 Å². The van der Waals surface area contributed by atoms with E-state index in [9.17, 15) is 9.59 Å². The van der Waals surface area contributed by atoms with Crippen LogP contribution in [0, 0.1) is 13.8 Å². The first-order valence-electron chi connectivity index (χ1n) is 5.87.